The molecule has 11 nitrogen and oxygen atoms in total. The van der Waals surface area contributed by atoms with Crippen molar-refractivity contribution in [3.8, 4) is 0 Å². The van der Waals surface area contributed by atoms with Crippen molar-refractivity contribution in [3.63, 3.8) is 0 Å². The number of nitrogens with zero attached hydrogens (tertiary/aromatic N) is 1. The fourth-order valence-electron chi connectivity index (χ4n) is 2.80. The predicted molar refractivity (Wildman–Crippen MR) is 107 cm³/mol. The van der Waals surface area contributed by atoms with Gasteiger partial charge < -0.3 is 25.0 Å². The van der Waals surface area contributed by atoms with Crippen molar-refractivity contribution in [2.24, 2.45) is 5.92 Å². The van der Waals surface area contributed by atoms with Gasteiger partial charge in [-0.2, -0.15) is 0 Å². The number of likely N-dealkylation sites (tertiary alicyclic amines) is 1. The van der Waals surface area contributed by atoms with E-state index in [0.29, 0.717) is 43.8 Å². The number of carboxylic acids is 2. The monoisotopic (exact) mass is 438 g/mol. The van der Waals surface area contributed by atoms with Crippen molar-refractivity contribution in [3.05, 3.63) is 29.8 Å². The lowest BCUT2D eigenvalue weighted by molar-refractivity contribution is -0.159. The number of carbonyl (C=O) groups is 5. The van der Waals surface area contributed by atoms with E-state index in [0.717, 1.165) is 0 Å². The van der Waals surface area contributed by atoms with E-state index in [1.807, 2.05) is 4.90 Å². The number of carbonyl (C=O) groups excluding carboxylic acids is 3. The molecule has 1 aromatic rings. The van der Waals surface area contributed by atoms with E-state index in [2.05, 4.69) is 10.1 Å². The normalized spacial score (nSPS) is 13.9. The molecule has 0 unspecified atom stereocenters. The summed E-state index contributed by atoms with van der Waals surface area (Å²) in [6.07, 6.45) is 1.42. The zero-order chi connectivity index (χ0) is 23.4. The Morgan fingerprint density at radius 1 is 1.03 bits per heavy atom. The Bertz CT molecular complexity index is 772. The van der Waals surface area contributed by atoms with E-state index in [1.54, 1.807) is 31.2 Å². The van der Waals surface area contributed by atoms with Gasteiger partial charge in [-0.1, -0.05) is 0 Å². The molecule has 0 saturated carbocycles. The summed E-state index contributed by atoms with van der Waals surface area (Å²) < 4.78 is 9.67. The van der Waals surface area contributed by atoms with E-state index < -0.39 is 17.9 Å². The zero-order valence-corrected chi connectivity index (χ0v) is 17.3. The number of carboxylic acid groups (broad SMARTS) is 2. The SMILES string of the molecule is CCOC(=O)C1CCN(CC(=O)Nc2ccc(C(=O)OC)cc2)CC1.O=C(O)C(=O)O. The van der Waals surface area contributed by atoms with E-state index in [-0.39, 0.29) is 24.3 Å². The van der Waals surface area contributed by atoms with Crippen LogP contribution in [0.3, 0.4) is 0 Å². The topological polar surface area (TPSA) is 160 Å². The van der Waals surface area contributed by atoms with Crippen molar-refractivity contribution in [2.45, 2.75) is 19.8 Å². The average Bonchev–Trinajstić information content (AvgIpc) is 2.74. The third-order valence-electron chi connectivity index (χ3n) is 4.35. The van der Waals surface area contributed by atoms with Crippen LogP contribution in [0.1, 0.15) is 30.1 Å². The molecular weight excluding hydrogens is 412 g/mol. The first-order chi connectivity index (χ1) is 14.7. The van der Waals surface area contributed by atoms with Gasteiger partial charge in [0, 0.05) is 5.69 Å². The van der Waals surface area contributed by atoms with Crippen molar-refractivity contribution >= 4 is 35.5 Å². The van der Waals surface area contributed by atoms with E-state index in [4.69, 9.17) is 24.5 Å². The molecule has 1 aromatic carbocycles. The highest BCUT2D eigenvalue weighted by Gasteiger charge is 2.26. The second-order valence-corrected chi connectivity index (χ2v) is 6.53. The van der Waals surface area contributed by atoms with Crippen LogP contribution in [0.5, 0.6) is 0 Å². The van der Waals surface area contributed by atoms with Crippen LogP contribution in [0.2, 0.25) is 0 Å². The quantitative estimate of drug-likeness (QED) is 0.429. The molecule has 31 heavy (non-hydrogen) atoms. The minimum atomic E-state index is -1.82. The van der Waals surface area contributed by atoms with Crippen LogP contribution in [0.4, 0.5) is 5.69 Å². The van der Waals surface area contributed by atoms with Crippen LogP contribution in [0, 0.1) is 5.92 Å². The second kappa shape index (κ2) is 13.0. The summed E-state index contributed by atoms with van der Waals surface area (Å²) in [5, 5.41) is 17.6. The molecule has 0 spiro atoms. The maximum Gasteiger partial charge on any atom is 0.414 e. The predicted octanol–water partition coefficient (Wildman–Crippen LogP) is 0.842. The lowest BCUT2D eigenvalue weighted by Crippen LogP contribution is -2.41. The molecule has 0 radical (unpaired) electrons. The maximum atomic E-state index is 12.1. The lowest BCUT2D eigenvalue weighted by Gasteiger charge is -2.30. The van der Waals surface area contributed by atoms with Crippen LogP contribution in [0.25, 0.3) is 0 Å². The Morgan fingerprint density at radius 2 is 1.58 bits per heavy atom. The Kier molecular flexibility index (Phi) is 10.7. The van der Waals surface area contributed by atoms with E-state index in [1.165, 1.54) is 7.11 Å². The fourth-order valence-corrected chi connectivity index (χ4v) is 2.80. The number of amides is 1. The third kappa shape index (κ3) is 9.26. The number of anilines is 1. The molecule has 1 saturated heterocycles. The molecule has 1 fully saturated rings. The van der Waals surface area contributed by atoms with Gasteiger partial charge >= 0.3 is 23.9 Å². The Morgan fingerprint density at radius 3 is 2.03 bits per heavy atom. The zero-order valence-electron chi connectivity index (χ0n) is 17.3. The van der Waals surface area contributed by atoms with Gasteiger partial charge in [-0.3, -0.25) is 14.5 Å². The van der Waals surface area contributed by atoms with Gasteiger partial charge in [0.1, 0.15) is 0 Å². The first-order valence-corrected chi connectivity index (χ1v) is 9.51. The van der Waals surface area contributed by atoms with Crippen molar-refractivity contribution in [1.29, 1.82) is 0 Å². The molecule has 3 N–H and O–H groups in total. The van der Waals surface area contributed by atoms with Crippen LogP contribution < -0.4 is 5.32 Å². The number of ether oxygens (including phenoxy) is 2. The first-order valence-electron chi connectivity index (χ1n) is 9.51. The highest BCUT2D eigenvalue weighted by atomic mass is 16.5. The number of methoxy groups -OCH3 is 1. The highest BCUT2D eigenvalue weighted by molar-refractivity contribution is 6.27. The van der Waals surface area contributed by atoms with Gasteiger partial charge in [0.15, 0.2) is 0 Å². The average molecular weight is 438 g/mol. The van der Waals surface area contributed by atoms with Gasteiger partial charge in [0.25, 0.3) is 0 Å². The molecule has 0 bridgehead atoms. The maximum absolute atomic E-state index is 12.1. The van der Waals surface area contributed by atoms with Gasteiger partial charge in [0.2, 0.25) is 5.91 Å². The number of esters is 2. The molecule has 11 heteroatoms. The number of piperidine rings is 1. The fraction of sp³-hybridized carbons (Fsp3) is 0.450. The van der Waals surface area contributed by atoms with Crippen molar-refractivity contribution < 1.29 is 43.7 Å². The van der Waals surface area contributed by atoms with Crippen LogP contribution in [0.15, 0.2) is 24.3 Å². The highest BCUT2D eigenvalue weighted by Crippen LogP contribution is 2.18. The summed E-state index contributed by atoms with van der Waals surface area (Å²) >= 11 is 0. The standard InChI is InChI=1S/C18H24N2O5.C2H2O4/c1-3-25-18(23)14-8-10-20(11-9-14)12-16(21)19-15-6-4-13(5-7-15)17(22)24-2;3-1(4)2(5)6/h4-7,14H,3,8-12H2,1-2H3,(H,19,21);(H,3,4)(H,5,6). The molecule has 1 aliphatic rings. The molecule has 1 heterocycles. The summed E-state index contributed by atoms with van der Waals surface area (Å²) in [6, 6.07) is 6.53. The molecule has 0 aliphatic carbocycles. The number of benzene rings is 1. The molecular formula is C20H26N2O9. The summed E-state index contributed by atoms with van der Waals surface area (Å²) in [5.74, 6) is -4.39. The van der Waals surface area contributed by atoms with Crippen molar-refractivity contribution in [2.75, 3.05) is 38.7 Å². The lowest BCUT2D eigenvalue weighted by atomic mass is 9.97. The smallest absolute Gasteiger partial charge is 0.414 e. The third-order valence-corrected chi connectivity index (χ3v) is 4.35. The van der Waals surface area contributed by atoms with Crippen molar-refractivity contribution in [1.82, 2.24) is 4.90 Å². The van der Waals surface area contributed by atoms with Crippen LogP contribution in [-0.4, -0.2) is 78.2 Å². The number of hydrogen-bond donors (Lipinski definition) is 3. The summed E-state index contributed by atoms with van der Waals surface area (Å²) in [7, 11) is 1.32. The summed E-state index contributed by atoms with van der Waals surface area (Å²) in [6.45, 7) is 3.86. The molecule has 1 aliphatic heterocycles. The Labute approximate surface area is 178 Å². The van der Waals surface area contributed by atoms with E-state index >= 15 is 0 Å². The second-order valence-electron chi connectivity index (χ2n) is 6.53. The number of rotatable bonds is 6. The Balaban J connectivity index is 0.000000703. The van der Waals surface area contributed by atoms with Gasteiger partial charge in [-0.15, -0.1) is 0 Å². The van der Waals surface area contributed by atoms with Crippen LogP contribution in [-0.2, 0) is 28.7 Å². The minimum Gasteiger partial charge on any atom is -0.473 e. The first kappa shape index (κ1) is 25.6. The Hall–Kier alpha value is -3.47. The number of aliphatic carboxylic acids is 2. The molecule has 1 amide bonds. The van der Waals surface area contributed by atoms with E-state index in [9.17, 15) is 14.4 Å². The van der Waals surface area contributed by atoms with Gasteiger partial charge in [-0.05, 0) is 57.1 Å². The van der Waals surface area contributed by atoms with Gasteiger partial charge in [-0.25, -0.2) is 14.4 Å². The number of nitrogens with one attached hydrogen (secondary N) is 1. The molecule has 0 atom stereocenters. The summed E-state index contributed by atoms with van der Waals surface area (Å²) in [4.78, 5) is 55.4. The molecule has 170 valence electrons. The largest absolute Gasteiger partial charge is 0.473 e. The minimum absolute atomic E-state index is 0.0647. The number of hydrogen-bond acceptors (Lipinski definition) is 8. The molecule has 2 rings (SSSR count). The molecule has 0 aromatic heterocycles. The van der Waals surface area contributed by atoms with Crippen LogP contribution >= 0.6 is 0 Å². The van der Waals surface area contributed by atoms with Gasteiger partial charge in [0.05, 0.1) is 31.7 Å². The summed E-state index contributed by atoms with van der Waals surface area (Å²) in [5.41, 5.74) is 1.06.